The van der Waals surface area contributed by atoms with Gasteiger partial charge in [-0.3, -0.25) is 9.78 Å². The van der Waals surface area contributed by atoms with E-state index in [9.17, 15) is 4.79 Å². The molecule has 1 amide bonds. The number of anilines is 1. The van der Waals surface area contributed by atoms with E-state index >= 15 is 0 Å². The number of amides is 1. The third kappa shape index (κ3) is 2.39. The Kier molecular flexibility index (Phi) is 3.40. The molecule has 2 heterocycles. The van der Waals surface area contributed by atoms with E-state index in [1.54, 1.807) is 6.20 Å². The zero-order chi connectivity index (χ0) is 14.0. The van der Waals surface area contributed by atoms with Gasteiger partial charge in [-0.15, -0.1) is 0 Å². The number of rotatable bonds is 2. The predicted molar refractivity (Wildman–Crippen MR) is 78.6 cm³/mol. The lowest BCUT2D eigenvalue weighted by atomic mass is 9.95. The first kappa shape index (κ1) is 13.1. The van der Waals surface area contributed by atoms with Crippen molar-refractivity contribution in [2.45, 2.75) is 31.8 Å². The van der Waals surface area contributed by atoms with Crippen molar-refractivity contribution >= 4 is 22.5 Å². The molecule has 1 saturated heterocycles. The maximum Gasteiger partial charge on any atom is 0.256 e. The molecule has 0 saturated carbocycles. The van der Waals surface area contributed by atoms with E-state index in [1.807, 2.05) is 37.3 Å². The Balaban J connectivity index is 1.87. The Labute approximate surface area is 118 Å². The van der Waals surface area contributed by atoms with E-state index in [0.717, 1.165) is 35.9 Å². The topological polar surface area (TPSA) is 51.2 Å². The van der Waals surface area contributed by atoms with Gasteiger partial charge in [0, 0.05) is 18.2 Å². The highest BCUT2D eigenvalue weighted by Crippen LogP contribution is 2.28. The predicted octanol–water partition coefficient (Wildman–Crippen LogP) is 3.13. The van der Waals surface area contributed by atoms with Crippen LogP contribution in [-0.2, 0) is 9.53 Å². The van der Waals surface area contributed by atoms with Gasteiger partial charge in [-0.1, -0.05) is 6.07 Å². The lowest BCUT2D eigenvalue weighted by Gasteiger charge is -2.32. The summed E-state index contributed by atoms with van der Waals surface area (Å²) in [5.74, 6) is -0.0754. The Hall–Kier alpha value is -1.94. The summed E-state index contributed by atoms with van der Waals surface area (Å²) in [6.07, 6.45) is 4.57. The van der Waals surface area contributed by atoms with Crippen LogP contribution < -0.4 is 5.32 Å². The fraction of sp³-hybridized carbons (Fsp3) is 0.375. The maximum atomic E-state index is 12.5. The average molecular weight is 270 g/mol. The van der Waals surface area contributed by atoms with Gasteiger partial charge in [0.25, 0.3) is 5.91 Å². The van der Waals surface area contributed by atoms with E-state index < -0.39 is 5.60 Å². The molecular formula is C16H18N2O2. The van der Waals surface area contributed by atoms with E-state index in [2.05, 4.69) is 10.3 Å². The van der Waals surface area contributed by atoms with E-state index in [1.165, 1.54) is 0 Å². The molecule has 1 N–H and O–H groups in total. The zero-order valence-electron chi connectivity index (χ0n) is 11.6. The van der Waals surface area contributed by atoms with Crippen molar-refractivity contribution < 1.29 is 9.53 Å². The van der Waals surface area contributed by atoms with Crippen LogP contribution in [0.3, 0.4) is 0 Å². The number of hydrogen-bond acceptors (Lipinski definition) is 3. The van der Waals surface area contributed by atoms with Crippen LogP contribution >= 0.6 is 0 Å². The number of ether oxygens (including phenoxy) is 1. The Morgan fingerprint density at radius 1 is 1.30 bits per heavy atom. The molecular weight excluding hydrogens is 252 g/mol. The number of nitrogens with one attached hydrogen (secondary N) is 1. The highest BCUT2D eigenvalue weighted by molar-refractivity contribution is 6.04. The summed E-state index contributed by atoms with van der Waals surface area (Å²) in [6, 6.07) is 9.56. The molecule has 0 bridgehead atoms. The number of benzene rings is 1. The number of pyridine rings is 1. The van der Waals surface area contributed by atoms with Crippen molar-refractivity contribution in [1.29, 1.82) is 0 Å². The molecule has 1 aromatic heterocycles. The molecule has 0 spiro atoms. The number of nitrogens with zero attached hydrogens (tertiary/aromatic N) is 1. The van der Waals surface area contributed by atoms with Crippen molar-refractivity contribution in [3.05, 3.63) is 36.5 Å². The summed E-state index contributed by atoms with van der Waals surface area (Å²) in [4.78, 5) is 16.8. The van der Waals surface area contributed by atoms with Crippen LogP contribution in [0.4, 0.5) is 5.69 Å². The minimum absolute atomic E-state index is 0.0754. The molecule has 3 rings (SSSR count). The minimum atomic E-state index is -0.720. The molecule has 4 nitrogen and oxygen atoms in total. The summed E-state index contributed by atoms with van der Waals surface area (Å²) in [5, 5.41) is 3.94. The molecule has 104 valence electrons. The van der Waals surface area contributed by atoms with Gasteiger partial charge in [-0.25, -0.2) is 0 Å². The number of hydrogen-bond donors (Lipinski definition) is 1. The fourth-order valence-electron chi connectivity index (χ4n) is 2.58. The van der Waals surface area contributed by atoms with Gasteiger partial charge in [0.05, 0.1) is 11.2 Å². The van der Waals surface area contributed by atoms with Crippen LogP contribution in [0.15, 0.2) is 36.5 Å². The molecule has 0 unspecified atom stereocenters. The quantitative estimate of drug-likeness (QED) is 0.912. The van der Waals surface area contributed by atoms with E-state index in [4.69, 9.17) is 4.74 Å². The van der Waals surface area contributed by atoms with Crippen LogP contribution in [0.2, 0.25) is 0 Å². The van der Waals surface area contributed by atoms with Crippen molar-refractivity contribution in [2.24, 2.45) is 0 Å². The third-order valence-electron chi connectivity index (χ3n) is 3.84. The molecule has 1 aliphatic rings. The molecule has 20 heavy (non-hydrogen) atoms. The van der Waals surface area contributed by atoms with Crippen molar-refractivity contribution in [2.75, 3.05) is 11.9 Å². The average Bonchev–Trinajstić information content (AvgIpc) is 2.48. The first-order valence-corrected chi connectivity index (χ1v) is 6.98. The van der Waals surface area contributed by atoms with Crippen molar-refractivity contribution in [3.8, 4) is 0 Å². The van der Waals surface area contributed by atoms with Gasteiger partial charge in [0.1, 0.15) is 5.60 Å². The van der Waals surface area contributed by atoms with Crippen LogP contribution in [0, 0.1) is 0 Å². The standard InChI is InChI=1S/C16H18N2O2/c1-16(9-2-3-11-20-16)15(19)18-14-8-4-7-13-12(14)6-5-10-17-13/h4-8,10H,2-3,9,11H2,1H3,(H,18,19)/t16-/m0/s1. The van der Waals surface area contributed by atoms with Gasteiger partial charge in [0.2, 0.25) is 0 Å². The van der Waals surface area contributed by atoms with Gasteiger partial charge in [0.15, 0.2) is 0 Å². The molecule has 1 fully saturated rings. The Morgan fingerprint density at radius 2 is 2.20 bits per heavy atom. The first-order chi connectivity index (χ1) is 9.69. The second-order valence-electron chi connectivity index (χ2n) is 5.37. The summed E-state index contributed by atoms with van der Waals surface area (Å²) in [7, 11) is 0. The Bertz CT molecular complexity index is 628. The third-order valence-corrected chi connectivity index (χ3v) is 3.84. The first-order valence-electron chi connectivity index (χ1n) is 6.98. The van der Waals surface area contributed by atoms with E-state index in [-0.39, 0.29) is 5.91 Å². The van der Waals surface area contributed by atoms with Crippen LogP contribution in [-0.4, -0.2) is 23.1 Å². The monoisotopic (exact) mass is 270 g/mol. The smallest absolute Gasteiger partial charge is 0.256 e. The number of carbonyl (C=O) groups is 1. The molecule has 4 heteroatoms. The van der Waals surface area contributed by atoms with Gasteiger partial charge >= 0.3 is 0 Å². The number of carbonyl (C=O) groups excluding carboxylic acids is 1. The summed E-state index contributed by atoms with van der Waals surface area (Å²) in [6.45, 7) is 2.52. The molecule has 0 aliphatic carbocycles. The molecule has 1 aromatic carbocycles. The summed E-state index contributed by atoms with van der Waals surface area (Å²) in [5.41, 5.74) is 0.943. The summed E-state index contributed by atoms with van der Waals surface area (Å²) >= 11 is 0. The van der Waals surface area contributed by atoms with Gasteiger partial charge in [-0.2, -0.15) is 0 Å². The van der Waals surface area contributed by atoms with Crippen molar-refractivity contribution in [1.82, 2.24) is 4.98 Å². The second kappa shape index (κ2) is 5.21. The largest absolute Gasteiger partial charge is 0.365 e. The molecule has 0 radical (unpaired) electrons. The van der Waals surface area contributed by atoms with E-state index in [0.29, 0.717) is 6.61 Å². The minimum Gasteiger partial charge on any atom is -0.365 e. The Morgan fingerprint density at radius 3 is 3.00 bits per heavy atom. The van der Waals surface area contributed by atoms with Crippen molar-refractivity contribution in [3.63, 3.8) is 0 Å². The SMILES string of the molecule is C[C@@]1(C(=O)Nc2cccc3ncccc23)CCCCO1. The van der Waals surface area contributed by atoms with Crippen LogP contribution in [0.25, 0.3) is 10.9 Å². The van der Waals surface area contributed by atoms with Crippen LogP contribution in [0.5, 0.6) is 0 Å². The number of aromatic nitrogens is 1. The normalized spacial score (nSPS) is 22.6. The van der Waals surface area contributed by atoms with Crippen LogP contribution in [0.1, 0.15) is 26.2 Å². The second-order valence-corrected chi connectivity index (χ2v) is 5.37. The lowest BCUT2D eigenvalue weighted by molar-refractivity contribution is -0.144. The number of fused-ring (bicyclic) bond motifs is 1. The highest BCUT2D eigenvalue weighted by atomic mass is 16.5. The maximum absolute atomic E-state index is 12.5. The fourth-order valence-corrected chi connectivity index (χ4v) is 2.58. The zero-order valence-corrected chi connectivity index (χ0v) is 11.6. The summed E-state index contributed by atoms with van der Waals surface area (Å²) < 4.78 is 5.68. The lowest BCUT2D eigenvalue weighted by Crippen LogP contribution is -2.45. The molecule has 2 aromatic rings. The van der Waals surface area contributed by atoms with Gasteiger partial charge in [-0.05, 0) is 50.5 Å². The highest BCUT2D eigenvalue weighted by Gasteiger charge is 2.36. The molecule has 1 atom stereocenters. The van der Waals surface area contributed by atoms with Gasteiger partial charge < -0.3 is 10.1 Å². The molecule has 1 aliphatic heterocycles.